The zero-order valence-corrected chi connectivity index (χ0v) is 12.5. The van der Waals surface area contributed by atoms with Crippen molar-refractivity contribution in [3.8, 4) is 0 Å². The van der Waals surface area contributed by atoms with E-state index in [1.54, 1.807) is 6.92 Å². The zero-order chi connectivity index (χ0) is 15.4. The molecular formula is C13H21N5O3. The van der Waals surface area contributed by atoms with Gasteiger partial charge in [-0.2, -0.15) is 4.98 Å². The molecule has 0 radical (unpaired) electrons. The Morgan fingerprint density at radius 2 is 2.19 bits per heavy atom. The van der Waals surface area contributed by atoms with Crippen LogP contribution in [0.15, 0.2) is 4.52 Å². The molecule has 116 valence electrons. The van der Waals surface area contributed by atoms with Crippen molar-refractivity contribution in [3.63, 3.8) is 0 Å². The van der Waals surface area contributed by atoms with Gasteiger partial charge in [0.15, 0.2) is 5.82 Å². The first kappa shape index (κ1) is 15.3. The molecule has 8 nitrogen and oxygen atoms in total. The second-order valence-corrected chi connectivity index (χ2v) is 5.44. The molecule has 0 unspecified atom stereocenters. The lowest BCUT2D eigenvalue weighted by Gasteiger charge is -2.21. The van der Waals surface area contributed by atoms with Crippen LogP contribution in [0.3, 0.4) is 0 Å². The molecule has 21 heavy (non-hydrogen) atoms. The van der Waals surface area contributed by atoms with E-state index in [9.17, 15) is 9.59 Å². The largest absolute Gasteiger partial charge is 0.354 e. The molecule has 1 fully saturated rings. The number of aromatic nitrogens is 2. The summed E-state index contributed by atoms with van der Waals surface area (Å²) in [4.78, 5) is 29.4. The van der Waals surface area contributed by atoms with Crippen molar-refractivity contribution in [2.75, 3.05) is 19.6 Å². The van der Waals surface area contributed by atoms with Gasteiger partial charge in [0.25, 0.3) is 0 Å². The molecular weight excluding hydrogens is 274 g/mol. The van der Waals surface area contributed by atoms with Gasteiger partial charge in [-0.05, 0) is 13.3 Å². The number of carbonyl (C=O) groups is 2. The van der Waals surface area contributed by atoms with Crippen LogP contribution in [0.2, 0.25) is 0 Å². The summed E-state index contributed by atoms with van der Waals surface area (Å²) < 4.78 is 5.15. The number of nitrogens with zero attached hydrogens (tertiary/aromatic N) is 3. The summed E-state index contributed by atoms with van der Waals surface area (Å²) in [7, 11) is 0. The summed E-state index contributed by atoms with van der Waals surface area (Å²) in [6.07, 6.45) is 0.742. The van der Waals surface area contributed by atoms with Crippen LogP contribution in [-0.4, -0.2) is 46.6 Å². The van der Waals surface area contributed by atoms with Crippen molar-refractivity contribution >= 4 is 11.9 Å². The Morgan fingerprint density at radius 1 is 1.43 bits per heavy atom. The fraction of sp³-hybridized carbons (Fsp3) is 0.692. The van der Waals surface area contributed by atoms with Crippen LogP contribution in [0.4, 0.5) is 4.79 Å². The number of rotatable bonds is 3. The molecule has 1 aliphatic rings. The van der Waals surface area contributed by atoms with Crippen LogP contribution in [0.5, 0.6) is 0 Å². The molecule has 1 aliphatic heterocycles. The predicted molar refractivity (Wildman–Crippen MR) is 74.5 cm³/mol. The molecule has 2 N–H and O–H groups in total. The van der Waals surface area contributed by atoms with Gasteiger partial charge in [-0.3, -0.25) is 4.79 Å². The topological polar surface area (TPSA) is 100 Å². The van der Waals surface area contributed by atoms with Crippen molar-refractivity contribution in [1.29, 1.82) is 0 Å². The van der Waals surface area contributed by atoms with Gasteiger partial charge in [-0.25, -0.2) is 4.79 Å². The molecule has 1 saturated heterocycles. The normalized spacial score (nSPS) is 17.3. The summed E-state index contributed by atoms with van der Waals surface area (Å²) in [5.41, 5.74) is 0. The molecule has 0 spiro atoms. The van der Waals surface area contributed by atoms with Gasteiger partial charge in [0.1, 0.15) is 12.6 Å². The second kappa shape index (κ2) is 6.55. The lowest BCUT2D eigenvalue weighted by molar-refractivity contribution is -0.121. The van der Waals surface area contributed by atoms with E-state index in [2.05, 4.69) is 20.8 Å². The third-order valence-corrected chi connectivity index (χ3v) is 3.23. The molecule has 0 saturated carbocycles. The third kappa shape index (κ3) is 3.93. The van der Waals surface area contributed by atoms with E-state index in [1.807, 2.05) is 13.8 Å². The number of carbonyl (C=O) groups excluding carboxylic acids is 2. The highest BCUT2D eigenvalue weighted by molar-refractivity contribution is 5.84. The fourth-order valence-corrected chi connectivity index (χ4v) is 1.98. The third-order valence-electron chi connectivity index (χ3n) is 3.23. The maximum atomic E-state index is 12.2. The highest BCUT2D eigenvalue weighted by Gasteiger charge is 2.23. The number of urea groups is 1. The standard InChI is InChI=1S/C13H21N5O3/c1-8(2)11-16-12(21-17-11)9(3)15-13(20)18-6-4-5-14-10(19)7-18/h8-9H,4-7H2,1-3H3,(H,14,19)(H,15,20)/t9-/m1/s1. The van der Waals surface area contributed by atoms with E-state index < -0.39 is 6.04 Å². The van der Waals surface area contributed by atoms with Crippen LogP contribution in [0.1, 0.15) is 50.9 Å². The van der Waals surface area contributed by atoms with Gasteiger partial charge < -0.3 is 20.1 Å². The lowest BCUT2D eigenvalue weighted by atomic mass is 10.2. The average Bonchev–Trinajstić information content (AvgIpc) is 2.82. The highest BCUT2D eigenvalue weighted by Crippen LogP contribution is 2.15. The molecule has 1 atom stereocenters. The van der Waals surface area contributed by atoms with Gasteiger partial charge in [0.2, 0.25) is 11.8 Å². The Balaban J connectivity index is 1.95. The maximum absolute atomic E-state index is 12.2. The lowest BCUT2D eigenvalue weighted by Crippen LogP contribution is -2.44. The minimum atomic E-state index is -0.399. The average molecular weight is 295 g/mol. The van der Waals surface area contributed by atoms with Gasteiger partial charge in [-0.1, -0.05) is 19.0 Å². The molecule has 8 heteroatoms. The number of hydrogen-bond acceptors (Lipinski definition) is 5. The summed E-state index contributed by atoms with van der Waals surface area (Å²) in [6.45, 7) is 6.91. The molecule has 2 heterocycles. The first-order valence-electron chi connectivity index (χ1n) is 7.13. The number of hydrogen-bond donors (Lipinski definition) is 2. The van der Waals surface area contributed by atoms with Gasteiger partial charge in [0, 0.05) is 19.0 Å². The van der Waals surface area contributed by atoms with E-state index in [4.69, 9.17) is 4.52 Å². The van der Waals surface area contributed by atoms with E-state index in [0.29, 0.717) is 24.8 Å². The fourth-order valence-electron chi connectivity index (χ4n) is 1.98. The van der Waals surface area contributed by atoms with Crippen molar-refractivity contribution in [1.82, 2.24) is 25.7 Å². The number of nitrogens with one attached hydrogen (secondary N) is 2. The summed E-state index contributed by atoms with van der Waals surface area (Å²) in [5, 5.41) is 9.37. The van der Waals surface area contributed by atoms with Crippen LogP contribution in [0.25, 0.3) is 0 Å². The van der Waals surface area contributed by atoms with Crippen molar-refractivity contribution < 1.29 is 14.1 Å². The van der Waals surface area contributed by atoms with E-state index in [1.165, 1.54) is 4.90 Å². The van der Waals surface area contributed by atoms with Crippen molar-refractivity contribution in [2.45, 2.75) is 39.2 Å². The molecule has 0 bridgehead atoms. The summed E-state index contributed by atoms with van der Waals surface area (Å²) >= 11 is 0. The smallest absolute Gasteiger partial charge is 0.318 e. The van der Waals surface area contributed by atoms with Gasteiger partial charge in [-0.15, -0.1) is 0 Å². The van der Waals surface area contributed by atoms with E-state index in [-0.39, 0.29) is 24.4 Å². The van der Waals surface area contributed by atoms with Crippen LogP contribution < -0.4 is 10.6 Å². The highest BCUT2D eigenvalue weighted by atomic mass is 16.5. The Hall–Kier alpha value is -2.12. The molecule has 3 amide bonds. The number of amides is 3. The van der Waals surface area contributed by atoms with Crippen LogP contribution in [-0.2, 0) is 4.79 Å². The summed E-state index contributed by atoms with van der Waals surface area (Å²) in [6, 6.07) is -0.701. The molecule has 0 aliphatic carbocycles. The van der Waals surface area contributed by atoms with Crippen molar-refractivity contribution in [2.24, 2.45) is 0 Å². The van der Waals surface area contributed by atoms with Gasteiger partial charge >= 0.3 is 6.03 Å². The Kier molecular flexibility index (Phi) is 4.77. The molecule has 1 aromatic heterocycles. The molecule has 2 rings (SSSR count). The minimum absolute atomic E-state index is 0.0691. The van der Waals surface area contributed by atoms with Crippen LogP contribution >= 0.6 is 0 Å². The molecule has 0 aromatic carbocycles. The first-order valence-corrected chi connectivity index (χ1v) is 7.13. The quantitative estimate of drug-likeness (QED) is 0.858. The summed E-state index contributed by atoms with van der Waals surface area (Å²) in [5.74, 6) is 1.00. The Bertz CT molecular complexity index is 514. The van der Waals surface area contributed by atoms with Crippen molar-refractivity contribution in [3.05, 3.63) is 11.7 Å². The Morgan fingerprint density at radius 3 is 2.86 bits per heavy atom. The minimum Gasteiger partial charge on any atom is -0.354 e. The second-order valence-electron chi connectivity index (χ2n) is 5.44. The first-order chi connectivity index (χ1) is 9.97. The molecule has 1 aromatic rings. The van der Waals surface area contributed by atoms with Crippen LogP contribution in [0, 0.1) is 0 Å². The monoisotopic (exact) mass is 295 g/mol. The SMILES string of the molecule is CC(C)c1noc([C@@H](C)NC(=O)N2CCCNC(=O)C2)n1. The van der Waals surface area contributed by atoms with Gasteiger partial charge in [0.05, 0.1) is 0 Å². The predicted octanol–water partition coefficient (Wildman–Crippen LogP) is 0.785. The van der Waals surface area contributed by atoms with E-state index in [0.717, 1.165) is 6.42 Å². The van der Waals surface area contributed by atoms with E-state index >= 15 is 0 Å². The zero-order valence-electron chi connectivity index (χ0n) is 12.5. The maximum Gasteiger partial charge on any atom is 0.318 e. The Labute approximate surface area is 123 Å².